The lowest BCUT2D eigenvalue weighted by Gasteiger charge is -2.21. The van der Waals surface area contributed by atoms with E-state index in [0.29, 0.717) is 16.7 Å². The fourth-order valence-electron chi connectivity index (χ4n) is 3.53. The first-order valence-corrected chi connectivity index (χ1v) is 10.6. The van der Waals surface area contributed by atoms with E-state index in [1.54, 1.807) is 19.3 Å². The van der Waals surface area contributed by atoms with Crippen LogP contribution in [0.2, 0.25) is 5.02 Å². The van der Waals surface area contributed by atoms with Gasteiger partial charge in [-0.3, -0.25) is 9.59 Å². The van der Waals surface area contributed by atoms with Gasteiger partial charge in [0.05, 0.1) is 11.7 Å². The summed E-state index contributed by atoms with van der Waals surface area (Å²) < 4.78 is 6.90. The zero-order valence-electron chi connectivity index (χ0n) is 18.2. The SMILES string of the molecule is CC(=O)COc1cc2cc(Nc3nc(C4=CCN(C)CC4)ncc3Cl)ccc2n(C)c1=O. The molecule has 3 aromatic rings. The Labute approximate surface area is 190 Å². The summed E-state index contributed by atoms with van der Waals surface area (Å²) in [5, 5.41) is 4.44. The summed E-state index contributed by atoms with van der Waals surface area (Å²) in [6.07, 6.45) is 4.62. The number of hydrogen-bond donors (Lipinski definition) is 1. The van der Waals surface area contributed by atoms with Crippen molar-refractivity contribution in [3.63, 3.8) is 0 Å². The monoisotopic (exact) mass is 453 g/mol. The van der Waals surface area contributed by atoms with E-state index in [9.17, 15) is 9.59 Å². The van der Waals surface area contributed by atoms with Gasteiger partial charge >= 0.3 is 0 Å². The van der Waals surface area contributed by atoms with Crippen molar-refractivity contribution >= 4 is 45.4 Å². The first kappa shape index (κ1) is 22.0. The highest BCUT2D eigenvalue weighted by Crippen LogP contribution is 2.28. The Bertz CT molecular complexity index is 1280. The molecular weight excluding hydrogens is 430 g/mol. The van der Waals surface area contributed by atoms with E-state index in [1.807, 2.05) is 18.2 Å². The quantitative estimate of drug-likeness (QED) is 0.611. The summed E-state index contributed by atoms with van der Waals surface area (Å²) in [6, 6.07) is 7.21. The van der Waals surface area contributed by atoms with E-state index in [0.717, 1.165) is 41.7 Å². The van der Waals surface area contributed by atoms with Crippen molar-refractivity contribution in [2.75, 3.05) is 32.1 Å². The second-order valence-electron chi connectivity index (χ2n) is 7.89. The van der Waals surface area contributed by atoms with Crippen LogP contribution in [0.15, 0.2) is 41.3 Å². The van der Waals surface area contributed by atoms with Crippen LogP contribution in [0.5, 0.6) is 5.75 Å². The Hall–Kier alpha value is -3.23. The first-order valence-electron chi connectivity index (χ1n) is 10.3. The second kappa shape index (κ2) is 9.10. The summed E-state index contributed by atoms with van der Waals surface area (Å²) in [4.78, 5) is 35.0. The Kier molecular flexibility index (Phi) is 6.25. The molecule has 0 atom stereocenters. The predicted molar refractivity (Wildman–Crippen MR) is 126 cm³/mol. The summed E-state index contributed by atoms with van der Waals surface area (Å²) in [5.74, 6) is 1.14. The molecule has 0 spiro atoms. The Morgan fingerprint density at radius 2 is 2.09 bits per heavy atom. The summed E-state index contributed by atoms with van der Waals surface area (Å²) in [6.45, 7) is 3.08. The number of fused-ring (bicyclic) bond motifs is 1. The molecule has 0 radical (unpaired) electrons. The zero-order chi connectivity index (χ0) is 22.8. The molecule has 0 amide bonds. The molecule has 8 nitrogen and oxygen atoms in total. The van der Waals surface area contributed by atoms with Crippen LogP contribution in [-0.4, -0.2) is 52.0 Å². The number of rotatable bonds is 6. The number of halogens is 1. The number of hydrogen-bond acceptors (Lipinski definition) is 7. The van der Waals surface area contributed by atoms with Gasteiger partial charge in [0.25, 0.3) is 5.56 Å². The van der Waals surface area contributed by atoms with Crippen LogP contribution in [-0.2, 0) is 11.8 Å². The number of ether oxygens (including phenoxy) is 1. The minimum absolute atomic E-state index is 0.129. The van der Waals surface area contributed by atoms with Crippen LogP contribution in [0.3, 0.4) is 0 Å². The molecule has 9 heteroatoms. The van der Waals surface area contributed by atoms with Crippen molar-refractivity contribution in [2.24, 2.45) is 7.05 Å². The number of nitrogens with one attached hydrogen (secondary N) is 1. The number of benzene rings is 1. The average Bonchev–Trinajstić information content (AvgIpc) is 2.77. The number of Topliss-reactive ketones (excluding diaryl/α,β-unsaturated/α-hetero) is 1. The standard InChI is InChI=1S/C23H24ClN5O3/c1-14(30)13-32-20-11-16-10-17(4-5-19(16)29(3)23(20)31)26-22-18(24)12-25-21(27-22)15-6-8-28(2)9-7-15/h4-6,10-12H,7-9,13H2,1-3H3,(H,25,26,27). The molecule has 1 aromatic carbocycles. The molecular formula is C23H24ClN5O3. The lowest BCUT2D eigenvalue weighted by atomic mass is 10.1. The summed E-state index contributed by atoms with van der Waals surface area (Å²) >= 11 is 6.36. The summed E-state index contributed by atoms with van der Waals surface area (Å²) in [5.41, 5.74) is 2.29. The number of aryl methyl sites for hydroxylation is 1. The predicted octanol–water partition coefficient (Wildman–Crippen LogP) is 3.41. The molecule has 0 saturated heterocycles. The molecule has 1 aliphatic heterocycles. The second-order valence-corrected chi connectivity index (χ2v) is 8.30. The number of nitrogens with zero attached hydrogens (tertiary/aromatic N) is 4. The van der Waals surface area contributed by atoms with Crippen LogP contribution in [0.25, 0.3) is 16.5 Å². The van der Waals surface area contributed by atoms with Gasteiger partial charge in [-0.05, 0) is 50.2 Å². The van der Waals surface area contributed by atoms with Gasteiger partial charge in [0.1, 0.15) is 11.6 Å². The van der Waals surface area contributed by atoms with Gasteiger partial charge in [0.2, 0.25) is 0 Å². The molecule has 3 heterocycles. The number of aromatic nitrogens is 3. The third-order valence-corrected chi connectivity index (χ3v) is 5.60. The molecule has 4 rings (SSSR count). The summed E-state index contributed by atoms with van der Waals surface area (Å²) in [7, 11) is 3.75. The van der Waals surface area contributed by atoms with Crippen molar-refractivity contribution in [3.05, 3.63) is 57.7 Å². The molecule has 0 aliphatic carbocycles. The molecule has 0 saturated carbocycles. The fourth-order valence-corrected chi connectivity index (χ4v) is 3.67. The number of anilines is 2. The van der Waals surface area contributed by atoms with Crippen molar-refractivity contribution in [1.82, 2.24) is 19.4 Å². The smallest absolute Gasteiger partial charge is 0.293 e. The highest BCUT2D eigenvalue weighted by molar-refractivity contribution is 6.32. The van der Waals surface area contributed by atoms with Gasteiger partial charge in [-0.15, -0.1) is 0 Å². The number of carbonyl (C=O) groups is 1. The normalized spacial score (nSPS) is 14.3. The number of ketones is 1. The third-order valence-electron chi connectivity index (χ3n) is 5.33. The molecule has 166 valence electrons. The molecule has 0 bridgehead atoms. The Morgan fingerprint density at radius 1 is 1.28 bits per heavy atom. The first-order chi connectivity index (χ1) is 15.3. The average molecular weight is 454 g/mol. The van der Waals surface area contributed by atoms with E-state index in [-0.39, 0.29) is 23.7 Å². The molecule has 0 fully saturated rings. The highest BCUT2D eigenvalue weighted by Gasteiger charge is 2.15. The van der Waals surface area contributed by atoms with Gasteiger partial charge in [-0.25, -0.2) is 9.97 Å². The van der Waals surface area contributed by atoms with Crippen LogP contribution in [0.4, 0.5) is 11.5 Å². The van der Waals surface area contributed by atoms with Crippen molar-refractivity contribution in [3.8, 4) is 5.75 Å². The van der Waals surface area contributed by atoms with Crippen molar-refractivity contribution < 1.29 is 9.53 Å². The van der Waals surface area contributed by atoms with Crippen molar-refractivity contribution in [1.29, 1.82) is 0 Å². The minimum Gasteiger partial charge on any atom is -0.480 e. The van der Waals surface area contributed by atoms with Gasteiger partial charge < -0.3 is 19.5 Å². The Morgan fingerprint density at radius 3 is 2.81 bits per heavy atom. The molecule has 0 unspecified atom stereocenters. The third kappa shape index (κ3) is 4.66. The van der Waals surface area contributed by atoms with Crippen LogP contribution in [0, 0.1) is 0 Å². The van der Waals surface area contributed by atoms with Gasteiger partial charge in [0, 0.05) is 31.2 Å². The number of likely N-dealkylation sites (N-methyl/N-ethyl adjacent to an activating group) is 1. The minimum atomic E-state index is -0.297. The lowest BCUT2D eigenvalue weighted by Crippen LogP contribution is -2.24. The van der Waals surface area contributed by atoms with Crippen LogP contribution >= 0.6 is 11.6 Å². The Balaban J connectivity index is 1.66. The maximum Gasteiger partial charge on any atom is 0.293 e. The molecule has 1 aliphatic rings. The largest absolute Gasteiger partial charge is 0.480 e. The topological polar surface area (TPSA) is 89.3 Å². The molecule has 32 heavy (non-hydrogen) atoms. The highest BCUT2D eigenvalue weighted by atomic mass is 35.5. The van der Waals surface area contributed by atoms with Crippen LogP contribution in [0.1, 0.15) is 19.2 Å². The van der Waals surface area contributed by atoms with E-state index < -0.39 is 0 Å². The van der Waals surface area contributed by atoms with E-state index in [2.05, 4.69) is 33.3 Å². The fraction of sp³-hybridized carbons (Fsp3) is 0.304. The van der Waals surface area contributed by atoms with E-state index in [4.69, 9.17) is 16.3 Å². The van der Waals surface area contributed by atoms with Gasteiger partial charge in [-0.2, -0.15) is 0 Å². The van der Waals surface area contributed by atoms with E-state index in [1.165, 1.54) is 11.5 Å². The molecule has 1 N–H and O–H groups in total. The molecule has 2 aromatic heterocycles. The van der Waals surface area contributed by atoms with Crippen LogP contribution < -0.4 is 15.6 Å². The zero-order valence-corrected chi connectivity index (χ0v) is 18.9. The van der Waals surface area contributed by atoms with Gasteiger partial charge in [0.15, 0.2) is 23.2 Å². The maximum atomic E-state index is 12.5. The lowest BCUT2D eigenvalue weighted by molar-refractivity contribution is -0.118. The van der Waals surface area contributed by atoms with E-state index >= 15 is 0 Å². The number of pyridine rings is 1. The maximum absolute atomic E-state index is 12.5. The van der Waals surface area contributed by atoms with Crippen molar-refractivity contribution in [2.45, 2.75) is 13.3 Å². The van der Waals surface area contributed by atoms with Gasteiger partial charge in [-0.1, -0.05) is 17.7 Å². The number of carbonyl (C=O) groups excluding carboxylic acids is 1.